The highest BCUT2D eigenvalue weighted by Gasteiger charge is 2.23. The van der Waals surface area contributed by atoms with Gasteiger partial charge in [0.2, 0.25) is 5.91 Å². The summed E-state index contributed by atoms with van der Waals surface area (Å²) in [5, 5.41) is 11.7. The zero-order valence-electron chi connectivity index (χ0n) is 22.9. The van der Waals surface area contributed by atoms with Crippen molar-refractivity contribution >= 4 is 22.6 Å². The van der Waals surface area contributed by atoms with Gasteiger partial charge in [-0.1, -0.05) is 54.6 Å². The third-order valence-electron chi connectivity index (χ3n) is 6.76. The lowest BCUT2D eigenvalue weighted by Crippen LogP contribution is -2.47. The Kier molecular flexibility index (Phi) is 9.83. The fraction of sp³-hybridized carbons (Fsp3) is 0.323. The predicted octanol–water partition coefficient (Wildman–Crippen LogP) is 4.17. The van der Waals surface area contributed by atoms with E-state index < -0.39 is 6.04 Å². The lowest BCUT2D eigenvalue weighted by atomic mass is 9.99. The van der Waals surface area contributed by atoms with E-state index in [9.17, 15) is 9.59 Å². The molecule has 3 aromatic carbocycles. The molecule has 0 unspecified atom stereocenters. The van der Waals surface area contributed by atoms with Crippen molar-refractivity contribution < 1.29 is 9.59 Å². The van der Waals surface area contributed by atoms with Gasteiger partial charge >= 0.3 is 0 Å². The molecule has 0 fully saturated rings. The highest BCUT2D eigenvalue weighted by Crippen LogP contribution is 2.24. The molecule has 0 aliphatic rings. The molecule has 0 aliphatic carbocycles. The Bertz CT molecular complexity index is 1350. The maximum Gasteiger partial charge on any atom is 0.251 e. The molecule has 204 valence electrons. The molecule has 4 aromatic rings. The predicted molar refractivity (Wildman–Crippen MR) is 155 cm³/mol. The maximum atomic E-state index is 13.4. The highest BCUT2D eigenvalue weighted by molar-refractivity contribution is 5.97. The van der Waals surface area contributed by atoms with Gasteiger partial charge < -0.3 is 25.8 Å². The first-order valence-corrected chi connectivity index (χ1v) is 13.4. The summed E-state index contributed by atoms with van der Waals surface area (Å²) in [6.45, 7) is 4.11. The zero-order valence-corrected chi connectivity index (χ0v) is 22.9. The van der Waals surface area contributed by atoms with Crippen molar-refractivity contribution in [2.24, 2.45) is 0 Å². The molecule has 2 atom stereocenters. The fourth-order valence-electron chi connectivity index (χ4n) is 4.64. The molecule has 0 bridgehead atoms. The number of amides is 2. The summed E-state index contributed by atoms with van der Waals surface area (Å²) in [6.07, 6.45) is 4.85. The van der Waals surface area contributed by atoms with Crippen molar-refractivity contribution in [3.63, 3.8) is 0 Å². The first kappa shape index (κ1) is 28.0. The van der Waals surface area contributed by atoms with Crippen LogP contribution in [0.15, 0.2) is 79.1 Å². The quantitative estimate of drug-likeness (QED) is 0.209. The number of imidazole rings is 1. The lowest BCUT2D eigenvalue weighted by Gasteiger charge is -2.23. The number of aromatic amines is 1. The highest BCUT2D eigenvalue weighted by atomic mass is 16.2. The van der Waals surface area contributed by atoms with Crippen molar-refractivity contribution in [3.8, 4) is 0 Å². The molecule has 0 spiro atoms. The smallest absolute Gasteiger partial charge is 0.251 e. The van der Waals surface area contributed by atoms with Crippen LogP contribution in [-0.4, -0.2) is 53.4 Å². The summed E-state index contributed by atoms with van der Waals surface area (Å²) in [7, 11) is 4.00. The minimum absolute atomic E-state index is 0.179. The topological polar surface area (TPSA) is 102 Å². The Morgan fingerprint density at radius 3 is 2.46 bits per heavy atom. The van der Waals surface area contributed by atoms with E-state index in [0.717, 1.165) is 40.7 Å². The Morgan fingerprint density at radius 2 is 1.72 bits per heavy atom. The van der Waals surface area contributed by atoms with Crippen LogP contribution in [0.2, 0.25) is 0 Å². The molecule has 0 aliphatic heterocycles. The van der Waals surface area contributed by atoms with Crippen molar-refractivity contribution in [2.45, 2.75) is 44.9 Å². The van der Waals surface area contributed by atoms with Gasteiger partial charge in [-0.15, -0.1) is 0 Å². The first-order chi connectivity index (χ1) is 18.9. The molecule has 8 nitrogen and oxygen atoms in total. The SMILES string of the molecule is C[C@H](NC(=O)[C@H](CCCN(C)C)NC(=O)c1ccc(CNCc2ncc[nH]2)cc1)c1cccc2ccccc12. The number of nitrogens with zero attached hydrogens (tertiary/aromatic N) is 2. The van der Waals surface area contributed by atoms with Gasteiger partial charge in [0.25, 0.3) is 5.91 Å². The van der Waals surface area contributed by atoms with E-state index in [1.807, 2.05) is 57.4 Å². The number of aromatic nitrogens is 2. The van der Waals surface area contributed by atoms with Crippen LogP contribution in [0.1, 0.15) is 53.1 Å². The van der Waals surface area contributed by atoms with Crippen molar-refractivity contribution in [1.29, 1.82) is 0 Å². The summed E-state index contributed by atoms with van der Waals surface area (Å²) >= 11 is 0. The van der Waals surface area contributed by atoms with Gasteiger partial charge in [-0.05, 0) is 74.4 Å². The number of hydrogen-bond donors (Lipinski definition) is 4. The van der Waals surface area contributed by atoms with E-state index in [-0.39, 0.29) is 17.9 Å². The minimum atomic E-state index is -0.635. The van der Waals surface area contributed by atoms with E-state index in [0.29, 0.717) is 25.1 Å². The van der Waals surface area contributed by atoms with Gasteiger partial charge in [-0.3, -0.25) is 9.59 Å². The number of H-pyrrole nitrogens is 1. The average Bonchev–Trinajstić information content (AvgIpc) is 3.46. The number of benzene rings is 3. The third-order valence-corrected chi connectivity index (χ3v) is 6.76. The van der Waals surface area contributed by atoms with E-state index in [1.165, 1.54) is 0 Å². The van der Waals surface area contributed by atoms with Gasteiger partial charge in [0, 0.05) is 24.5 Å². The third kappa shape index (κ3) is 7.99. The van der Waals surface area contributed by atoms with Crippen molar-refractivity contribution in [3.05, 3.63) is 102 Å². The number of hydrogen-bond acceptors (Lipinski definition) is 5. The normalized spacial score (nSPS) is 12.8. The number of rotatable bonds is 13. The molecule has 0 radical (unpaired) electrons. The Hall–Kier alpha value is -4.01. The second-order valence-corrected chi connectivity index (χ2v) is 10.1. The molecule has 2 amide bonds. The molecule has 8 heteroatoms. The van der Waals surface area contributed by atoms with Crippen molar-refractivity contribution in [2.75, 3.05) is 20.6 Å². The molecule has 39 heavy (non-hydrogen) atoms. The Morgan fingerprint density at radius 1 is 0.949 bits per heavy atom. The number of carbonyl (C=O) groups excluding carboxylic acids is 2. The molecule has 4 rings (SSSR count). The summed E-state index contributed by atoms with van der Waals surface area (Å²) in [5.41, 5.74) is 2.63. The fourth-order valence-corrected chi connectivity index (χ4v) is 4.64. The maximum absolute atomic E-state index is 13.4. The summed E-state index contributed by atoms with van der Waals surface area (Å²) in [5.74, 6) is 0.438. The van der Waals surface area contributed by atoms with Gasteiger partial charge in [0.05, 0.1) is 12.6 Å². The van der Waals surface area contributed by atoms with Crippen LogP contribution in [0.25, 0.3) is 10.8 Å². The number of fused-ring (bicyclic) bond motifs is 1. The van der Waals surface area contributed by atoms with E-state index in [4.69, 9.17) is 0 Å². The van der Waals surface area contributed by atoms with Gasteiger partial charge in [-0.25, -0.2) is 4.98 Å². The first-order valence-electron chi connectivity index (χ1n) is 13.4. The summed E-state index contributed by atoms with van der Waals surface area (Å²) in [6, 6.07) is 20.9. The second-order valence-electron chi connectivity index (χ2n) is 10.1. The molecule has 1 heterocycles. The Labute approximate surface area is 230 Å². The molecule has 1 aromatic heterocycles. The minimum Gasteiger partial charge on any atom is -0.348 e. The van der Waals surface area contributed by atoms with Gasteiger partial charge in [0.1, 0.15) is 11.9 Å². The molecule has 0 saturated heterocycles. The van der Waals surface area contributed by atoms with Gasteiger partial charge in [0.15, 0.2) is 0 Å². The van der Waals surface area contributed by atoms with Crippen molar-refractivity contribution in [1.82, 2.24) is 30.8 Å². The summed E-state index contributed by atoms with van der Waals surface area (Å²) < 4.78 is 0. The van der Waals surface area contributed by atoms with E-state index in [2.05, 4.69) is 49.0 Å². The van der Waals surface area contributed by atoms with Crippen LogP contribution >= 0.6 is 0 Å². The number of nitrogens with one attached hydrogen (secondary N) is 4. The zero-order chi connectivity index (χ0) is 27.6. The largest absolute Gasteiger partial charge is 0.348 e. The average molecular weight is 527 g/mol. The van der Waals surface area contributed by atoms with Gasteiger partial charge in [-0.2, -0.15) is 0 Å². The monoisotopic (exact) mass is 526 g/mol. The molecular weight excluding hydrogens is 488 g/mol. The second kappa shape index (κ2) is 13.7. The van der Waals surface area contributed by atoms with Crippen LogP contribution in [-0.2, 0) is 17.9 Å². The molecule has 0 saturated carbocycles. The summed E-state index contributed by atoms with van der Waals surface area (Å²) in [4.78, 5) is 35.9. The molecule has 4 N–H and O–H groups in total. The van der Waals surface area contributed by atoms with E-state index >= 15 is 0 Å². The van der Waals surface area contributed by atoms with Crippen LogP contribution < -0.4 is 16.0 Å². The van der Waals surface area contributed by atoms with Crippen LogP contribution in [0.3, 0.4) is 0 Å². The number of carbonyl (C=O) groups is 2. The van der Waals surface area contributed by atoms with Crippen LogP contribution in [0.4, 0.5) is 0 Å². The standard InChI is InChI=1S/C31H38N6O2/c1-22(26-11-6-9-24-8-4-5-10-27(24)26)35-31(39)28(12-7-19-37(2)3)36-30(38)25-15-13-23(14-16-25)20-32-21-29-33-17-18-34-29/h4-6,8-11,13-18,22,28,32H,7,12,19-21H2,1-3H3,(H,33,34)(H,35,39)(H,36,38)/t22-,28-/m0/s1. The Balaban J connectivity index is 1.39. The van der Waals surface area contributed by atoms with Crippen LogP contribution in [0.5, 0.6) is 0 Å². The van der Waals surface area contributed by atoms with E-state index in [1.54, 1.807) is 24.5 Å². The molecular formula is C31H38N6O2. The lowest BCUT2D eigenvalue weighted by molar-refractivity contribution is -0.123. The van der Waals surface area contributed by atoms with Crippen LogP contribution in [0, 0.1) is 0 Å².